The number of aliphatic hydroxyl groups excluding tert-OH is 1. The number of hydrogen-bond donors (Lipinski definition) is 2. The van der Waals surface area contributed by atoms with Gasteiger partial charge in [0.2, 0.25) is 5.92 Å². The lowest BCUT2D eigenvalue weighted by molar-refractivity contribution is -0.170. The number of aromatic nitrogens is 2. The highest BCUT2D eigenvalue weighted by molar-refractivity contribution is 5.06. The Morgan fingerprint density at radius 3 is 2.79 bits per heavy atom. The molecule has 2 aliphatic heterocycles. The van der Waals surface area contributed by atoms with E-state index in [4.69, 9.17) is 9.47 Å². The van der Waals surface area contributed by atoms with Crippen LogP contribution < -0.4 is 5.32 Å². The maximum Gasteiger partial charge on any atom is 0.248 e. The zero-order valence-electron chi connectivity index (χ0n) is 13.6. The smallest absolute Gasteiger partial charge is 0.248 e. The molecule has 134 valence electrons. The maximum atomic E-state index is 13.3. The Labute approximate surface area is 139 Å². The molecule has 3 fully saturated rings. The Morgan fingerprint density at radius 2 is 2.12 bits per heavy atom. The van der Waals surface area contributed by atoms with E-state index in [1.807, 2.05) is 13.1 Å². The molecule has 2 bridgehead atoms. The molecule has 1 aromatic rings. The van der Waals surface area contributed by atoms with Gasteiger partial charge in [-0.2, -0.15) is 5.10 Å². The number of nitrogens with zero attached hydrogens (tertiary/aromatic N) is 2. The highest BCUT2D eigenvalue weighted by Gasteiger charge is 2.52. The largest absolute Gasteiger partial charge is 0.389 e. The average Bonchev–Trinajstić information content (AvgIpc) is 3.14. The third-order valence-electron chi connectivity index (χ3n) is 5.31. The summed E-state index contributed by atoms with van der Waals surface area (Å²) >= 11 is 0. The van der Waals surface area contributed by atoms with Crippen LogP contribution in [0.5, 0.6) is 0 Å². The summed E-state index contributed by atoms with van der Waals surface area (Å²) in [5.41, 5.74) is 0.987. The molecule has 0 unspecified atom stereocenters. The van der Waals surface area contributed by atoms with Gasteiger partial charge >= 0.3 is 0 Å². The summed E-state index contributed by atoms with van der Waals surface area (Å²) < 4.78 is 39.9. The Kier molecular flexibility index (Phi) is 4.11. The van der Waals surface area contributed by atoms with E-state index in [0.29, 0.717) is 19.4 Å². The molecule has 2 saturated heterocycles. The van der Waals surface area contributed by atoms with Crippen molar-refractivity contribution in [2.45, 2.75) is 75.2 Å². The van der Waals surface area contributed by atoms with Crippen LogP contribution >= 0.6 is 0 Å². The van der Waals surface area contributed by atoms with Gasteiger partial charge < -0.3 is 19.9 Å². The first-order valence-corrected chi connectivity index (χ1v) is 8.53. The van der Waals surface area contributed by atoms with Crippen LogP contribution in [0.3, 0.4) is 0 Å². The molecule has 3 aliphatic rings. The monoisotopic (exact) mass is 343 g/mol. The van der Waals surface area contributed by atoms with Crippen LogP contribution in [0.4, 0.5) is 8.78 Å². The van der Waals surface area contributed by atoms with Crippen molar-refractivity contribution in [3.05, 3.63) is 18.0 Å². The number of fused-ring (bicyclic) bond motifs is 2. The molecule has 0 spiro atoms. The quantitative estimate of drug-likeness (QED) is 0.868. The summed E-state index contributed by atoms with van der Waals surface area (Å²) in [4.78, 5) is 0. The number of aryl methyl sites for hydroxylation is 1. The second-order valence-electron chi connectivity index (χ2n) is 7.18. The van der Waals surface area contributed by atoms with Crippen LogP contribution in [-0.4, -0.2) is 58.0 Å². The van der Waals surface area contributed by atoms with Gasteiger partial charge in [-0.15, -0.1) is 0 Å². The van der Waals surface area contributed by atoms with Crippen LogP contribution in [0.1, 0.15) is 37.3 Å². The molecule has 1 aromatic heterocycles. The van der Waals surface area contributed by atoms with E-state index in [9.17, 15) is 13.9 Å². The van der Waals surface area contributed by atoms with Gasteiger partial charge in [0.15, 0.2) is 6.29 Å². The SMILES string of the molecule is Cc1cnn([C@H]2[C@@H]3OC[C@@H](O3)[C@@H](NC3CCC(F)(F)CC3)[C@@H]2O)c1. The van der Waals surface area contributed by atoms with Crippen molar-refractivity contribution in [1.82, 2.24) is 15.1 Å². The van der Waals surface area contributed by atoms with Gasteiger partial charge in [0.25, 0.3) is 0 Å². The number of halogens is 2. The van der Waals surface area contributed by atoms with Crippen molar-refractivity contribution >= 4 is 0 Å². The molecular weight excluding hydrogens is 320 g/mol. The molecule has 8 heteroatoms. The molecule has 5 atom stereocenters. The lowest BCUT2D eigenvalue weighted by Crippen LogP contribution is -2.60. The van der Waals surface area contributed by atoms with Gasteiger partial charge in [-0.1, -0.05) is 0 Å². The molecule has 4 rings (SSSR count). The molecule has 1 saturated carbocycles. The fourth-order valence-corrected chi connectivity index (χ4v) is 3.96. The van der Waals surface area contributed by atoms with Gasteiger partial charge in [-0.05, 0) is 25.3 Å². The van der Waals surface area contributed by atoms with Gasteiger partial charge in [-0.25, -0.2) is 8.78 Å². The van der Waals surface area contributed by atoms with Crippen molar-refractivity contribution in [1.29, 1.82) is 0 Å². The zero-order valence-corrected chi connectivity index (χ0v) is 13.6. The highest BCUT2D eigenvalue weighted by atomic mass is 19.3. The minimum absolute atomic E-state index is 0.0370. The number of alkyl halides is 2. The van der Waals surface area contributed by atoms with E-state index >= 15 is 0 Å². The number of hydrogen-bond acceptors (Lipinski definition) is 5. The first kappa shape index (κ1) is 16.4. The number of rotatable bonds is 3. The van der Waals surface area contributed by atoms with Crippen LogP contribution in [0.25, 0.3) is 0 Å². The first-order chi connectivity index (χ1) is 11.4. The molecule has 2 N–H and O–H groups in total. The Bertz CT molecular complexity index is 587. The summed E-state index contributed by atoms with van der Waals surface area (Å²) in [6.45, 7) is 2.31. The zero-order chi connectivity index (χ0) is 16.9. The van der Waals surface area contributed by atoms with E-state index in [2.05, 4.69) is 10.4 Å². The highest BCUT2D eigenvalue weighted by Crippen LogP contribution is 2.38. The Morgan fingerprint density at radius 1 is 1.38 bits per heavy atom. The van der Waals surface area contributed by atoms with Crippen LogP contribution in [0.2, 0.25) is 0 Å². The van der Waals surface area contributed by atoms with Gasteiger partial charge in [-0.3, -0.25) is 4.68 Å². The van der Waals surface area contributed by atoms with E-state index in [-0.39, 0.29) is 31.0 Å². The second kappa shape index (κ2) is 6.01. The minimum atomic E-state index is -2.56. The van der Waals surface area contributed by atoms with Crippen LogP contribution in [0, 0.1) is 6.92 Å². The molecule has 0 radical (unpaired) electrons. The summed E-state index contributed by atoms with van der Waals surface area (Å²) in [7, 11) is 0. The second-order valence-corrected chi connectivity index (χ2v) is 7.18. The minimum Gasteiger partial charge on any atom is -0.389 e. The molecule has 0 amide bonds. The van der Waals surface area contributed by atoms with Crippen LogP contribution in [0.15, 0.2) is 12.4 Å². The third kappa shape index (κ3) is 2.96. The Balaban J connectivity index is 1.48. The fraction of sp³-hybridized carbons (Fsp3) is 0.812. The summed E-state index contributed by atoms with van der Waals surface area (Å²) in [6, 6.07) is -0.833. The molecule has 24 heavy (non-hydrogen) atoms. The van der Waals surface area contributed by atoms with E-state index in [1.165, 1.54) is 0 Å². The van der Waals surface area contributed by atoms with Crippen LogP contribution in [-0.2, 0) is 9.47 Å². The van der Waals surface area contributed by atoms with Crippen molar-refractivity contribution < 1.29 is 23.4 Å². The molecule has 3 heterocycles. The normalized spacial score (nSPS) is 39.2. The molecule has 1 aliphatic carbocycles. The average molecular weight is 343 g/mol. The number of nitrogens with one attached hydrogen (secondary N) is 1. The molecule has 6 nitrogen and oxygen atoms in total. The van der Waals surface area contributed by atoms with Crippen molar-refractivity contribution in [3.63, 3.8) is 0 Å². The summed E-state index contributed by atoms with van der Waals surface area (Å²) in [5, 5.41) is 18.5. The predicted octanol–water partition coefficient (Wildman–Crippen LogP) is 1.38. The topological polar surface area (TPSA) is 68.5 Å². The van der Waals surface area contributed by atoms with Gasteiger partial charge in [0.1, 0.15) is 12.1 Å². The third-order valence-corrected chi connectivity index (χ3v) is 5.31. The molecular formula is C16H23F2N3O3. The van der Waals surface area contributed by atoms with Crippen molar-refractivity contribution in [2.75, 3.05) is 6.61 Å². The van der Waals surface area contributed by atoms with Gasteiger partial charge in [0.05, 0.1) is 24.9 Å². The van der Waals surface area contributed by atoms with Crippen molar-refractivity contribution in [2.24, 2.45) is 0 Å². The fourth-order valence-electron chi connectivity index (χ4n) is 3.96. The predicted molar refractivity (Wildman–Crippen MR) is 80.7 cm³/mol. The molecule has 0 aromatic carbocycles. The summed E-state index contributed by atoms with van der Waals surface area (Å²) in [5.74, 6) is -2.56. The lowest BCUT2D eigenvalue weighted by Gasteiger charge is -2.41. The Hall–Kier alpha value is -1.09. The summed E-state index contributed by atoms with van der Waals surface area (Å²) in [6.07, 6.45) is 2.60. The van der Waals surface area contributed by atoms with E-state index < -0.39 is 24.4 Å². The van der Waals surface area contributed by atoms with Gasteiger partial charge in [0, 0.05) is 25.1 Å². The van der Waals surface area contributed by atoms with E-state index in [1.54, 1.807) is 10.9 Å². The van der Waals surface area contributed by atoms with Crippen molar-refractivity contribution in [3.8, 4) is 0 Å². The maximum absolute atomic E-state index is 13.3. The first-order valence-electron chi connectivity index (χ1n) is 8.53. The lowest BCUT2D eigenvalue weighted by atomic mass is 9.89. The number of ether oxygens (including phenoxy) is 2. The number of aliphatic hydroxyl groups is 1. The van der Waals surface area contributed by atoms with E-state index in [0.717, 1.165) is 5.56 Å². The standard InChI is InChI=1S/C16H23F2N3O3/c1-9-6-19-21(7-9)13-14(22)12(11-8-23-15(13)24-11)20-10-2-4-16(17,18)5-3-10/h6-7,10-15,20,22H,2-5,8H2,1H3/t11-,12-,13-,14+,15-/m1/s1.